The molecule has 2 aromatic heterocycles. The Morgan fingerprint density at radius 1 is 0.974 bits per heavy atom. The number of piperidine rings is 1. The highest BCUT2D eigenvalue weighted by molar-refractivity contribution is 5.60. The number of rotatable bonds is 5. The van der Waals surface area contributed by atoms with Gasteiger partial charge in [-0.25, -0.2) is 9.37 Å². The van der Waals surface area contributed by atoms with Crippen LogP contribution in [-0.2, 0) is 11.8 Å². The van der Waals surface area contributed by atoms with Crippen LogP contribution in [0.15, 0.2) is 53.6 Å². The second-order valence-electron chi connectivity index (χ2n) is 10.6. The minimum atomic E-state index is -0.501. The van der Waals surface area contributed by atoms with E-state index in [0.717, 1.165) is 24.8 Å². The summed E-state index contributed by atoms with van der Waals surface area (Å²) in [6.45, 7) is 6.36. The molecule has 0 unspecified atom stereocenters. The van der Waals surface area contributed by atoms with Crippen LogP contribution in [0.1, 0.15) is 37.4 Å². The van der Waals surface area contributed by atoms with E-state index in [1.807, 2.05) is 0 Å². The van der Waals surface area contributed by atoms with Crippen molar-refractivity contribution in [1.82, 2.24) is 19.4 Å². The Hall–Kier alpha value is -3.30. The second-order valence-corrected chi connectivity index (χ2v) is 10.6. The van der Waals surface area contributed by atoms with Crippen molar-refractivity contribution in [2.24, 2.45) is 7.05 Å². The molecule has 0 radical (unpaired) electrons. The van der Waals surface area contributed by atoms with Crippen molar-refractivity contribution in [1.29, 1.82) is 0 Å². The van der Waals surface area contributed by atoms with Gasteiger partial charge in [-0.15, -0.1) is 0 Å². The quantitative estimate of drug-likeness (QED) is 0.511. The number of nitrogens with zero attached hydrogens (tertiary/aromatic N) is 6. The minimum Gasteiger partial charge on any atom is -0.370 e. The molecule has 0 amide bonds. The molecule has 6 rings (SSSR count). The number of aromatic nitrogens is 3. The molecule has 2 atom stereocenters. The SMILES string of the molecule is Cn1c(N2CCO[C@@H](c3ccc(N4CC[C@H](N5CCCCC5)C4)cc3)C2)nc(-c2ccncc2F)cc1=O. The van der Waals surface area contributed by atoms with Crippen LogP contribution in [0.5, 0.6) is 0 Å². The maximum atomic E-state index is 14.4. The lowest BCUT2D eigenvalue weighted by Gasteiger charge is -2.35. The standard InChI is InChI=1S/C29H35FN6O2/c1-33-28(37)17-26(24-9-11-31-18-25(24)30)32-29(33)36-15-16-38-27(20-36)21-5-7-22(8-6-21)35-14-10-23(19-35)34-12-3-2-4-13-34/h5-9,11,17-18,23,27H,2-4,10,12-16,19-20H2,1H3/t23-,27+/m0/s1. The fraction of sp³-hybridized carbons (Fsp3) is 0.483. The number of pyridine rings is 1. The van der Waals surface area contributed by atoms with Gasteiger partial charge in [-0.05, 0) is 56.1 Å². The third-order valence-electron chi connectivity index (χ3n) is 8.21. The van der Waals surface area contributed by atoms with E-state index in [2.05, 4.69) is 48.9 Å². The fourth-order valence-corrected chi connectivity index (χ4v) is 6.02. The van der Waals surface area contributed by atoms with E-state index in [9.17, 15) is 9.18 Å². The molecule has 200 valence electrons. The molecule has 0 bridgehead atoms. The molecule has 0 saturated carbocycles. The summed E-state index contributed by atoms with van der Waals surface area (Å²) in [7, 11) is 1.70. The lowest BCUT2D eigenvalue weighted by atomic mass is 10.1. The molecule has 0 N–H and O–H groups in total. The molecule has 5 heterocycles. The number of likely N-dealkylation sites (tertiary alicyclic amines) is 1. The number of morpholine rings is 1. The number of anilines is 2. The van der Waals surface area contributed by atoms with Gasteiger partial charge >= 0.3 is 0 Å². The molecule has 3 aliphatic heterocycles. The van der Waals surface area contributed by atoms with Gasteiger partial charge < -0.3 is 14.5 Å². The smallest absolute Gasteiger partial charge is 0.255 e. The largest absolute Gasteiger partial charge is 0.370 e. The number of benzene rings is 1. The van der Waals surface area contributed by atoms with Crippen molar-refractivity contribution in [3.8, 4) is 11.3 Å². The molecule has 3 aromatic rings. The number of ether oxygens (including phenoxy) is 1. The summed E-state index contributed by atoms with van der Waals surface area (Å²) in [4.78, 5) is 28.5. The summed E-state index contributed by atoms with van der Waals surface area (Å²) in [6.07, 6.45) is 7.76. The Balaban J connectivity index is 1.16. The summed E-state index contributed by atoms with van der Waals surface area (Å²) in [5.74, 6) is 0.00820. The normalized spacial score (nSPS) is 22.7. The molecule has 0 spiro atoms. The van der Waals surface area contributed by atoms with E-state index in [4.69, 9.17) is 4.74 Å². The maximum Gasteiger partial charge on any atom is 0.255 e. The van der Waals surface area contributed by atoms with Gasteiger partial charge in [0.1, 0.15) is 6.10 Å². The molecular weight excluding hydrogens is 483 g/mol. The van der Waals surface area contributed by atoms with Crippen molar-refractivity contribution in [2.75, 3.05) is 55.7 Å². The van der Waals surface area contributed by atoms with Crippen molar-refractivity contribution in [3.05, 3.63) is 70.5 Å². The number of halogens is 1. The molecule has 3 aliphatic rings. The van der Waals surface area contributed by atoms with Crippen LogP contribution >= 0.6 is 0 Å². The zero-order chi connectivity index (χ0) is 26.1. The predicted octanol–water partition coefficient (Wildman–Crippen LogP) is 3.62. The van der Waals surface area contributed by atoms with E-state index in [-0.39, 0.29) is 17.2 Å². The summed E-state index contributed by atoms with van der Waals surface area (Å²) < 4.78 is 22.0. The van der Waals surface area contributed by atoms with E-state index >= 15 is 0 Å². The van der Waals surface area contributed by atoms with Gasteiger partial charge in [-0.1, -0.05) is 18.6 Å². The molecule has 0 aliphatic carbocycles. The van der Waals surface area contributed by atoms with Gasteiger partial charge in [0.25, 0.3) is 5.56 Å². The average Bonchev–Trinajstić information content (AvgIpc) is 3.46. The molecule has 8 nitrogen and oxygen atoms in total. The van der Waals surface area contributed by atoms with Gasteiger partial charge in [0, 0.05) is 56.2 Å². The lowest BCUT2D eigenvalue weighted by Crippen LogP contribution is -2.41. The van der Waals surface area contributed by atoms with Crippen LogP contribution in [0, 0.1) is 5.82 Å². The highest BCUT2D eigenvalue weighted by atomic mass is 19.1. The Bertz CT molecular complexity index is 1320. The van der Waals surface area contributed by atoms with Crippen LogP contribution in [0.3, 0.4) is 0 Å². The first-order valence-corrected chi connectivity index (χ1v) is 13.7. The molecule has 3 saturated heterocycles. The van der Waals surface area contributed by atoms with Crippen LogP contribution in [0.25, 0.3) is 11.3 Å². The molecule has 1 aromatic carbocycles. The Morgan fingerprint density at radius 2 is 1.79 bits per heavy atom. The van der Waals surface area contributed by atoms with Crippen molar-refractivity contribution in [3.63, 3.8) is 0 Å². The van der Waals surface area contributed by atoms with E-state index in [0.29, 0.717) is 37.4 Å². The van der Waals surface area contributed by atoms with Gasteiger partial charge in [-0.2, -0.15) is 0 Å². The zero-order valence-electron chi connectivity index (χ0n) is 21.9. The minimum absolute atomic E-state index is 0.143. The predicted molar refractivity (Wildman–Crippen MR) is 146 cm³/mol. The Labute approximate surface area is 222 Å². The van der Waals surface area contributed by atoms with Crippen LogP contribution < -0.4 is 15.4 Å². The monoisotopic (exact) mass is 518 g/mol. The highest BCUT2D eigenvalue weighted by Gasteiger charge is 2.29. The fourth-order valence-electron chi connectivity index (χ4n) is 6.02. The summed E-state index contributed by atoms with van der Waals surface area (Å²) in [5, 5.41) is 0. The third-order valence-corrected chi connectivity index (χ3v) is 8.21. The van der Waals surface area contributed by atoms with Gasteiger partial charge in [0.05, 0.1) is 25.0 Å². The van der Waals surface area contributed by atoms with Crippen LogP contribution in [0.2, 0.25) is 0 Å². The molecule has 38 heavy (non-hydrogen) atoms. The first-order valence-electron chi connectivity index (χ1n) is 13.7. The van der Waals surface area contributed by atoms with E-state index in [1.165, 1.54) is 61.3 Å². The zero-order valence-corrected chi connectivity index (χ0v) is 21.9. The van der Waals surface area contributed by atoms with Crippen LogP contribution in [0.4, 0.5) is 16.0 Å². The summed E-state index contributed by atoms with van der Waals surface area (Å²) in [6, 6.07) is 12.3. The second kappa shape index (κ2) is 10.8. The van der Waals surface area contributed by atoms with Gasteiger partial charge in [0.15, 0.2) is 5.82 Å². The van der Waals surface area contributed by atoms with Crippen molar-refractivity contribution >= 4 is 11.6 Å². The summed E-state index contributed by atoms with van der Waals surface area (Å²) >= 11 is 0. The first kappa shape index (κ1) is 25.0. The Morgan fingerprint density at radius 3 is 2.58 bits per heavy atom. The van der Waals surface area contributed by atoms with Gasteiger partial charge in [-0.3, -0.25) is 19.2 Å². The molecular formula is C29H35FN6O2. The topological polar surface area (TPSA) is 66.7 Å². The van der Waals surface area contributed by atoms with Crippen molar-refractivity contribution in [2.45, 2.75) is 37.8 Å². The molecule has 9 heteroatoms. The van der Waals surface area contributed by atoms with Gasteiger partial charge in [0.2, 0.25) is 5.95 Å². The number of hydrogen-bond acceptors (Lipinski definition) is 7. The lowest BCUT2D eigenvalue weighted by molar-refractivity contribution is 0.0390. The molecule has 3 fully saturated rings. The maximum absolute atomic E-state index is 14.4. The highest BCUT2D eigenvalue weighted by Crippen LogP contribution is 2.30. The third kappa shape index (κ3) is 5.05. The summed E-state index contributed by atoms with van der Waals surface area (Å²) in [5.41, 5.74) is 2.71. The van der Waals surface area contributed by atoms with E-state index < -0.39 is 5.82 Å². The van der Waals surface area contributed by atoms with E-state index in [1.54, 1.807) is 13.1 Å². The number of hydrogen-bond donors (Lipinski definition) is 0. The van der Waals surface area contributed by atoms with Crippen molar-refractivity contribution < 1.29 is 9.13 Å². The average molecular weight is 519 g/mol. The first-order chi connectivity index (χ1) is 18.6. The van der Waals surface area contributed by atoms with Crippen LogP contribution in [-0.4, -0.2) is 71.4 Å². The Kier molecular flexibility index (Phi) is 7.12.